The lowest BCUT2D eigenvalue weighted by Crippen LogP contribution is -2.41. The Kier molecular flexibility index (Phi) is 5.85. The Labute approximate surface area is 108 Å². The number of nitrogens with zero attached hydrogens (tertiary/aromatic N) is 1. The lowest BCUT2D eigenvalue weighted by atomic mass is 9.95. The molecule has 0 spiro atoms. The molecular formula is C13H21NO4. The molecule has 5 nitrogen and oxygen atoms in total. The Balaban J connectivity index is 2.64. The van der Waals surface area contributed by atoms with Gasteiger partial charge in [0.25, 0.3) is 0 Å². The summed E-state index contributed by atoms with van der Waals surface area (Å²) < 4.78 is 10.2. The fraction of sp³-hybridized carbons (Fsp3) is 0.692. The summed E-state index contributed by atoms with van der Waals surface area (Å²) in [6.45, 7) is 6.32. The number of carbonyl (C=O) groups excluding carboxylic acids is 2. The van der Waals surface area contributed by atoms with Crippen LogP contribution in [-0.2, 0) is 14.3 Å². The summed E-state index contributed by atoms with van der Waals surface area (Å²) in [6, 6.07) is -0.0729. The molecule has 0 aromatic rings. The predicted octanol–water partition coefficient (Wildman–Crippen LogP) is 1.62. The Bertz CT molecular complexity index is 316. The third kappa shape index (κ3) is 3.84. The molecule has 0 aliphatic carbocycles. The van der Waals surface area contributed by atoms with Crippen LogP contribution in [0.1, 0.15) is 19.8 Å². The maximum atomic E-state index is 11.8. The molecule has 1 rings (SSSR count). The average Bonchev–Trinajstić information content (AvgIpc) is 2.69. The number of Topliss-reactive ketones (excluding diaryl/α,β-unsaturated/α-hetero) is 1. The first-order chi connectivity index (χ1) is 8.60. The number of ether oxygens (including phenoxy) is 2. The lowest BCUT2D eigenvalue weighted by molar-refractivity contribution is -0.118. The van der Waals surface area contributed by atoms with E-state index in [1.54, 1.807) is 18.9 Å². The molecule has 1 aliphatic rings. The summed E-state index contributed by atoms with van der Waals surface area (Å²) in [7, 11) is 1.59. The van der Waals surface area contributed by atoms with Crippen LogP contribution in [-0.4, -0.2) is 49.7 Å². The van der Waals surface area contributed by atoms with E-state index in [9.17, 15) is 9.59 Å². The minimum Gasteiger partial charge on any atom is -0.445 e. The maximum absolute atomic E-state index is 11.8. The molecule has 0 N–H and O–H groups in total. The largest absolute Gasteiger partial charge is 0.445 e. The smallest absolute Gasteiger partial charge is 0.410 e. The van der Waals surface area contributed by atoms with Gasteiger partial charge < -0.3 is 19.2 Å². The van der Waals surface area contributed by atoms with Crippen LogP contribution < -0.4 is 0 Å². The first kappa shape index (κ1) is 14.7. The highest BCUT2D eigenvalue weighted by Gasteiger charge is 2.38. The zero-order valence-electron chi connectivity index (χ0n) is 11.1. The van der Waals surface area contributed by atoms with Crippen molar-refractivity contribution in [2.75, 3.05) is 26.9 Å². The van der Waals surface area contributed by atoms with E-state index in [0.29, 0.717) is 19.6 Å². The summed E-state index contributed by atoms with van der Waals surface area (Å²) in [5.74, 6) is 0.307. The second-order valence-electron chi connectivity index (χ2n) is 4.54. The summed E-state index contributed by atoms with van der Waals surface area (Å²) in [6.07, 6.45) is 2.48. The maximum Gasteiger partial charge on any atom is 0.410 e. The zero-order chi connectivity index (χ0) is 13.5. The second-order valence-corrected chi connectivity index (χ2v) is 4.54. The first-order valence-corrected chi connectivity index (χ1v) is 6.12. The van der Waals surface area contributed by atoms with Crippen molar-refractivity contribution in [3.63, 3.8) is 0 Å². The highest BCUT2D eigenvalue weighted by molar-refractivity contribution is 5.76. The number of hydrogen-bond donors (Lipinski definition) is 0. The van der Waals surface area contributed by atoms with Crippen LogP contribution in [0.15, 0.2) is 12.7 Å². The van der Waals surface area contributed by atoms with Crippen LogP contribution in [0.5, 0.6) is 0 Å². The summed E-state index contributed by atoms with van der Waals surface area (Å²) >= 11 is 0. The molecular weight excluding hydrogens is 234 g/mol. The number of ketones is 1. The third-order valence-electron chi connectivity index (χ3n) is 3.13. The Hall–Kier alpha value is -1.36. The average molecular weight is 255 g/mol. The van der Waals surface area contributed by atoms with Crippen molar-refractivity contribution < 1.29 is 19.1 Å². The van der Waals surface area contributed by atoms with E-state index in [4.69, 9.17) is 9.47 Å². The molecule has 1 heterocycles. The zero-order valence-corrected chi connectivity index (χ0v) is 11.1. The Morgan fingerprint density at radius 2 is 2.22 bits per heavy atom. The van der Waals surface area contributed by atoms with Gasteiger partial charge in [-0.15, -0.1) is 0 Å². The normalized spacial score (nSPS) is 22.9. The van der Waals surface area contributed by atoms with Gasteiger partial charge in [-0.3, -0.25) is 0 Å². The van der Waals surface area contributed by atoms with E-state index < -0.39 is 0 Å². The molecule has 0 radical (unpaired) electrons. The predicted molar refractivity (Wildman–Crippen MR) is 67.3 cm³/mol. The van der Waals surface area contributed by atoms with Crippen LogP contribution in [0.25, 0.3) is 0 Å². The van der Waals surface area contributed by atoms with Crippen molar-refractivity contribution in [2.24, 2.45) is 5.92 Å². The molecule has 18 heavy (non-hydrogen) atoms. The fourth-order valence-corrected chi connectivity index (χ4v) is 2.36. The molecule has 0 saturated carbocycles. The van der Waals surface area contributed by atoms with Crippen LogP contribution in [0.4, 0.5) is 4.79 Å². The number of carbonyl (C=O) groups is 2. The minimum absolute atomic E-state index is 0.0729. The van der Waals surface area contributed by atoms with Crippen LogP contribution >= 0.6 is 0 Å². The van der Waals surface area contributed by atoms with Crippen molar-refractivity contribution in [3.8, 4) is 0 Å². The summed E-state index contributed by atoms with van der Waals surface area (Å²) in [5.41, 5.74) is 0. The van der Waals surface area contributed by atoms with Gasteiger partial charge in [-0.25, -0.2) is 4.79 Å². The van der Waals surface area contributed by atoms with Crippen LogP contribution in [0, 0.1) is 5.92 Å². The minimum atomic E-state index is -0.358. The monoisotopic (exact) mass is 255 g/mol. The van der Waals surface area contributed by atoms with Crippen molar-refractivity contribution >= 4 is 11.9 Å². The van der Waals surface area contributed by atoms with E-state index in [2.05, 4.69) is 6.58 Å². The van der Waals surface area contributed by atoms with E-state index >= 15 is 0 Å². The molecule has 1 aliphatic heterocycles. The molecule has 0 aromatic heterocycles. The van der Waals surface area contributed by atoms with Crippen molar-refractivity contribution in [1.29, 1.82) is 0 Å². The Morgan fingerprint density at radius 3 is 2.78 bits per heavy atom. The molecule has 0 aromatic carbocycles. The molecule has 1 fully saturated rings. The van der Waals surface area contributed by atoms with Crippen LogP contribution in [0.2, 0.25) is 0 Å². The molecule has 2 unspecified atom stereocenters. The van der Waals surface area contributed by atoms with Gasteiger partial charge in [-0.05, 0) is 19.3 Å². The number of rotatable bonds is 6. The molecule has 0 bridgehead atoms. The van der Waals surface area contributed by atoms with E-state index in [1.807, 2.05) is 0 Å². The third-order valence-corrected chi connectivity index (χ3v) is 3.13. The lowest BCUT2D eigenvalue weighted by Gasteiger charge is -2.26. The van der Waals surface area contributed by atoms with Gasteiger partial charge in [0.15, 0.2) is 0 Å². The van der Waals surface area contributed by atoms with Gasteiger partial charge in [0.05, 0.1) is 12.6 Å². The van der Waals surface area contributed by atoms with Gasteiger partial charge >= 0.3 is 6.09 Å². The molecule has 2 atom stereocenters. The fourth-order valence-electron chi connectivity index (χ4n) is 2.36. The van der Waals surface area contributed by atoms with Crippen molar-refractivity contribution in [1.82, 2.24) is 4.90 Å². The highest BCUT2D eigenvalue weighted by Crippen LogP contribution is 2.28. The second kappa shape index (κ2) is 7.16. The van der Waals surface area contributed by atoms with E-state index in [-0.39, 0.29) is 30.4 Å². The number of hydrogen-bond acceptors (Lipinski definition) is 4. The van der Waals surface area contributed by atoms with Crippen molar-refractivity contribution in [2.45, 2.75) is 25.8 Å². The highest BCUT2D eigenvalue weighted by atomic mass is 16.6. The number of amides is 1. The van der Waals surface area contributed by atoms with Gasteiger partial charge in [0.1, 0.15) is 12.4 Å². The first-order valence-electron chi connectivity index (χ1n) is 6.12. The van der Waals surface area contributed by atoms with Gasteiger partial charge in [0, 0.05) is 20.1 Å². The topological polar surface area (TPSA) is 55.8 Å². The van der Waals surface area contributed by atoms with Crippen molar-refractivity contribution in [3.05, 3.63) is 12.7 Å². The SMILES string of the molecule is C=CCOC(=O)N1CCC(CC(C)=O)C1COC. The van der Waals surface area contributed by atoms with Crippen LogP contribution in [0.3, 0.4) is 0 Å². The van der Waals surface area contributed by atoms with Gasteiger partial charge in [-0.1, -0.05) is 12.7 Å². The quantitative estimate of drug-likeness (QED) is 0.677. The van der Waals surface area contributed by atoms with E-state index in [0.717, 1.165) is 6.42 Å². The molecule has 1 amide bonds. The Morgan fingerprint density at radius 1 is 1.50 bits per heavy atom. The molecule has 102 valence electrons. The number of likely N-dealkylation sites (tertiary alicyclic amines) is 1. The van der Waals surface area contributed by atoms with E-state index in [1.165, 1.54) is 6.08 Å². The van der Waals surface area contributed by atoms with Gasteiger partial charge in [-0.2, -0.15) is 0 Å². The number of methoxy groups -OCH3 is 1. The standard InChI is InChI=1S/C13H21NO4/c1-4-7-18-13(16)14-6-5-11(8-10(2)15)12(14)9-17-3/h4,11-12H,1,5-9H2,2-3H3. The summed E-state index contributed by atoms with van der Waals surface area (Å²) in [5, 5.41) is 0. The molecule has 1 saturated heterocycles. The molecule has 5 heteroatoms. The summed E-state index contributed by atoms with van der Waals surface area (Å²) in [4.78, 5) is 24.7. The van der Waals surface area contributed by atoms with Gasteiger partial charge in [0.2, 0.25) is 0 Å².